The molecule has 0 atom stereocenters. The molecule has 3 N–H and O–H groups in total. The van der Waals surface area contributed by atoms with Gasteiger partial charge in [-0.3, -0.25) is 0 Å². The molecule has 0 spiro atoms. The summed E-state index contributed by atoms with van der Waals surface area (Å²) in [5, 5.41) is 22.9. The van der Waals surface area contributed by atoms with Crippen LogP contribution in [0.1, 0.15) is 0 Å². The molecule has 1 saturated heterocycles. The Bertz CT molecular complexity index is 993. The van der Waals surface area contributed by atoms with Gasteiger partial charge in [0.05, 0.1) is 23.9 Å². The number of ether oxygens (including phenoxy) is 1. The Labute approximate surface area is 167 Å². The first-order valence-corrected chi connectivity index (χ1v) is 9.23. The third-order valence-electron chi connectivity index (χ3n) is 4.37. The van der Waals surface area contributed by atoms with Crippen molar-refractivity contribution < 1.29 is 14.9 Å². The number of nitrogens with one attached hydrogen (secondary N) is 1. The lowest BCUT2D eigenvalue weighted by molar-refractivity contribution is 0.122. The maximum Gasteiger partial charge on any atom is 0.228 e. The van der Waals surface area contributed by atoms with E-state index in [9.17, 15) is 10.2 Å². The Kier molecular flexibility index (Phi) is 5.18. The highest BCUT2D eigenvalue weighted by Crippen LogP contribution is 2.30. The fourth-order valence-electron chi connectivity index (χ4n) is 2.95. The summed E-state index contributed by atoms with van der Waals surface area (Å²) in [5.41, 5.74) is 2.15. The Hall–Kier alpha value is -3.03. The molecule has 1 aromatic heterocycles. The van der Waals surface area contributed by atoms with Crippen molar-refractivity contribution in [1.29, 1.82) is 0 Å². The number of nitrogens with zero attached hydrogens (tertiary/aromatic N) is 3. The number of benzene rings is 2. The average Bonchev–Trinajstić information content (AvgIpc) is 2.71. The number of hydrogen-bond donors (Lipinski definition) is 3. The molecule has 0 aliphatic carbocycles. The summed E-state index contributed by atoms with van der Waals surface area (Å²) in [6, 6.07) is 13.6. The van der Waals surface area contributed by atoms with Crippen molar-refractivity contribution in [2.45, 2.75) is 0 Å². The normalized spacial score (nSPS) is 14.1. The van der Waals surface area contributed by atoms with Crippen LogP contribution in [0.3, 0.4) is 0 Å². The van der Waals surface area contributed by atoms with Crippen LogP contribution in [-0.2, 0) is 4.74 Å². The fourth-order valence-corrected chi connectivity index (χ4v) is 3.13. The molecule has 0 bridgehead atoms. The summed E-state index contributed by atoms with van der Waals surface area (Å²) < 4.78 is 5.42. The number of hydrogen-bond acceptors (Lipinski definition) is 7. The molecule has 1 aliphatic heterocycles. The Morgan fingerprint density at radius 1 is 1.00 bits per heavy atom. The maximum absolute atomic E-state index is 9.83. The van der Waals surface area contributed by atoms with E-state index >= 15 is 0 Å². The Morgan fingerprint density at radius 2 is 1.82 bits per heavy atom. The zero-order valence-electron chi connectivity index (χ0n) is 15.0. The number of aromatic hydroxyl groups is 2. The van der Waals surface area contributed by atoms with Crippen LogP contribution < -0.4 is 10.2 Å². The molecule has 2 heterocycles. The van der Waals surface area contributed by atoms with Gasteiger partial charge in [0.1, 0.15) is 17.3 Å². The minimum absolute atomic E-state index is 0.0179. The van der Waals surface area contributed by atoms with Crippen molar-refractivity contribution in [2.24, 2.45) is 0 Å². The molecule has 28 heavy (non-hydrogen) atoms. The highest BCUT2D eigenvalue weighted by Gasteiger charge is 2.17. The molecule has 2 aromatic carbocycles. The molecule has 3 aromatic rings. The summed E-state index contributed by atoms with van der Waals surface area (Å²) in [5.74, 6) is 1.35. The van der Waals surface area contributed by atoms with Gasteiger partial charge in [0.2, 0.25) is 5.95 Å². The van der Waals surface area contributed by atoms with E-state index in [0.717, 1.165) is 5.56 Å². The number of morpholine rings is 1. The quantitative estimate of drug-likeness (QED) is 0.576. The summed E-state index contributed by atoms with van der Waals surface area (Å²) >= 11 is 6.00. The predicted octanol–water partition coefficient (Wildman–Crippen LogP) is 3.79. The summed E-state index contributed by atoms with van der Waals surface area (Å²) in [4.78, 5) is 11.4. The van der Waals surface area contributed by atoms with Gasteiger partial charge in [-0.05, 0) is 30.3 Å². The van der Waals surface area contributed by atoms with Gasteiger partial charge in [-0.15, -0.1) is 0 Å². The molecular formula is C20H19ClN4O3. The van der Waals surface area contributed by atoms with Gasteiger partial charge < -0.3 is 25.2 Å². The topological polar surface area (TPSA) is 90.7 Å². The first-order valence-electron chi connectivity index (χ1n) is 8.85. The number of rotatable bonds is 4. The van der Waals surface area contributed by atoms with Gasteiger partial charge in [-0.25, -0.2) is 4.98 Å². The standard InChI is InChI=1S/C20H19ClN4O3/c21-16-11-14(4-5-18(16)27)22-19-12-17(13-2-1-3-15(26)10-13)23-20(24-19)25-6-8-28-9-7-25/h1-5,10-12,26-27H,6-9H2,(H,22,23,24). The third kappa shape index (κ3) is 4.11. The van der Waals surface area contributed by atoms with E-state index in [1.165, 1.54) is 6.07 Å². The monoisotopic (exact) mass is 398 g/mol. The van der Waals surface area contributed by atoms with E-state index in [2.05, 4.69) is 20.2 Å². The van der Waals surface area contributed by atoms with Gasteiger partial charge in [-0.1, -0.05) is 23.7 Å². The Balaban J connectivity index is 1.73. The maximum atomic E-state index is 9.83. The number of phenolic OH excluding ortho intramolecular Hbond substituents is 2. The molecule has 1 fully saturated rings. The van der Waals surface area contributed by atoms with E-state index in [-0.39, 0.29) is 16.5 Å². The first kappa shape index (κ1) is 18.3. The summed E-state index contributed by atoms with van der Waals surface area (Å²) in [6.07, 6.45) is 0. The molecule has 144 valence electrons. The van der Waals surface area contributed by atoms with Crippen molar-refractivity contribution in [3.05, 3.63) is 53.6 Å². The largest absolute Gasteiger partial charge is 0.508 e. The van der Waals surface area contributed by atoms with E-state index < -0.39 is 0 Å². The van der Waals surface area contributed by atoms with E-state index in [0.29, 0.717) is 49.5 Å². The van der Waals surface area contributed by atoms with Crippen LogP contribution in [0.25, 0.3) is 11.3 Å². The molecule has 0 unspecified atom stereocenters. The minimum Gasteiger partial charge on any atom is -0.508 e. The highest BCUT2D eigenvalue weighted by atomic mass is 35.5. The van der Waals surface area contributed by atoms with Gasteiger partial charge >= 0.3 is 0 Å². The van der Waals surface area contributed by atoms with Crippen LogP contribution in [-0.4, -0.2) is 46.5 Å². The molecule has 8 heteroatoms. The van der Waals surface area contributed by atoms with Crippen molar-refractivity contribution >= 4 is 29.1 Å². The molecular weight excluding hydrogens is 380 g/mol. The number of aromatic nitrogens is 2. The first-order chi connectivity index (χ1) is 13.6. The molecule has 7 nitrogen and oxygen atoms in total. The SMILES string of the molecule is Oc1cccc(-c2cc(Nc3ccc(O)c(Cl)c3)nc(N3CCOCC3)n2)c1. The van der Waals surface area contributed by atoms with Gasteiger partial charge in [0.15, 0.2) is 0 Å². The molecule has 0 amide bonds. The van der Waals surface area contributed by atoms with Crippen molar-refractivity contribution in [3.8, 4) is 22.8 Å². The smallest absolute Gasteiger partial charge is 0.228 e. The summed E-state index contributed by atoms with van der Waals surface area (Å²) in [7, 11) is 0. The second-order valence-corrected chi connectivity index (χ2v) is 6.79. The molecule has 0 radical (unpaired) electrons. The van der Waals surface area contributed by atoms with Crippen LogP contribution in [0.4, 0.5) is 17.5 Å². The molecule has 0 saturated carbocycles. The van der Waals surface area contributed by atoms with Crippen molar-refractivity contribution in [3.63, 3.8) is 0 Å². The lowest BCUT2D eigenvalue weighted by atomic mass is 10.1. The van der Waals surface area contributed by atoms with Gasteiger partial charge in [-0.2, -0.15) is 4.98 Å². The van der Waals surface area contributed by atoms with Crippen LogP contribution in [0.5, 0.6) is 11.5 Å². The van der Waals surface area contributed by atoms with E-state index in [4.69, 9.17) is 16.3 Å². The van der Waals surface area contributed by atoms with E-state index in [1.54, 1.807) is 36.4 Å². The third-order valence-corrected chi connectivity index (χ3v) is 4.67. The van der Waals surface area contributed by atoms with E-state index in [1.807, 2.05) is 6.07 Å². The summed E-state index contributed by atoms with van der Waals surface area (Å²) in [6.45, 7) is 2.65. The van der Waals surface area contributed by atoms with Crippen LogP contribution in [0.2, 0.25) is 5.02 Å². The lowest BCUT2D eigenvalue weighted by Crippen LogP contribution is -2.37. The lowest BCUT2D eigenvalue weighted by Gasteiger charge is -2.27. The van der Waals surface area contributed by atoms with Crippen molar-refractivity contribution in [2.75, 3.05) is 36.5 Å². The highest BCUT2D eigenvalue weighted by molar-refractivity contribution is 6.32. The Morgan fingerprint density at radius 3 is 2.57 bits per heavy atom. The van der Waals surface area contributed by atoms with Gasteiger partial charge in [0, 0.05) is 30.4 Å². The molecule has 4 rings (SSSR count). The average molecular weight is 399 g/mol. The number of phenols is 2. The zero-order chi connectivity index (χ0) is 19.5. The second-order valence-electron chi connectivity index (χ2n) is 6.38. The minimum atomic E-state index is 0.0179. The van der Waals surface area contributed by atoms with Crippen LogP contribution in [0, 0.1) is 0 Å². The fraction of sp³-hybridized carbons (Fsp3) is 0.200. The van der Waals surface area contributed by atoms with Crippen molar-refractivity contribution in [1.82, 2.24) is 9.97 Å². The van der Waals surface area contributed by atoms with Crippen LogP contribution in [0.15, 0.2) is 48.5 Å². The second kappa shape index (κ2) is 7.92. The number of halogens is 1. The predicted molar refractivity (Wildman–Crippen MR) is 109 cm³/mol. The van der Waals surface area contributed by atoms with Gasteiger partial charge in [0.25, 0.3) is 0 Å². The zero-order valence-corrected chi connectivity index (χ0v) is 15.7. The number of anilines is 3. The molecule has 1 aliphatic rings. The van der Waals surface area contributed by atoms with Crippen LogP contribution >= 0.6 is 11.6 Å².